The lowest BCUT2D eigenvalue weighted by molar-refractivity contribution is -0.123. The predicted octanol–water partition coefficient (Wildman–Crippen LogP) is 4.81. The normalized spacial score (nSPS) is 13.6. The molecule has 0 bridgehead atoms. The Bertz CT molecular complexity index is 919. The molecular formula is C23H29N3O2S. The van der Waals surface area contributed by atoms with Crippen molar-refractivity contribution in [1.82, 2.24) is 15.2 Å². The van der Waals surface area contributed by atoms with Crippen molar-refractivity contribution in [3.63, 3.8) is 0 Å². The number of methoxy groups -OCH3 is 1. The topological polar surface area (TPSA) is 54.5 Å². The molecule has 1 N–H and O–H groups in total. The molecule has 154 valence electrons. The largest absolute Gasteiger partial charge is 0.497 e. The summed E-state index contributed by atoms with van der Waals surface area (Å²) in [6.45, 7) is 6.64. The van der Waals surface area contributed by atoms with Crippen LogP contribution < -0.4 is 10.1 Å². The van der Waals surface area contributed by atoms with Gasteiger partial charge in [-0.3, -0.25) is 9.69 Å². The Morgan fingerprint density at radius 3 is 2.45 bits per heavy atom. The van der Waals surface area contributed by atoms with Crippen molar-refractivity contribution in [3.05, 3.63) is 59.1 Å². The van der Waals surface area contributed by atoms with Crippen molar-refractivity contribution in [2.45, 2.75) is 32.9 Å². The first kappa shape index (κ1) is 21.3. The van der Waals surface area contributed by atoms with Crippen LogP contribution >= 0.6 is 11.3 Å². The third-order valence-corrected chi connectivity index (χ3v) is 6.39. The molecule has 6 heteroatoms. The first-order valence-electron chi connectivity index (χ1n) is 9.88. The summed E-state index contributed by atoms with van der Waals surface area (Å²) in [4.78, 5) is 19.5. The second-order valence-electron chi connectivity index (χ2n) is 7.67. The lowest BCUT2D eigenvalue weighted by Crippen LogP contribution is -2.39. The summed E-state index contributed by atoms with van der Waals surface area (Å²) in [5, 5.41) is 4.22. The number of carbonyl (C=O) groups excluding carboxylic acids is 1. The van der Waals surface area contributed by atoms with Gasteiger partial charge in [-0.25, -0.2) is 4.98 Å². The van der Waals surface area contributed by atoms with Crippen LogP contribution in [0.2, 0.25) is 0 Å². The monoisotopic (exact) mass is 411 g/mol. The number of benzene rings is 2. The molecule has 2 aromatic carbocycles. The average Bonchev–Trinajstić information content (AvgIpc) is 3.15. The summed E-state index contributed by atoms with van der Waals surface area (Å²) in [5.41, 5.74) is 2.09. The molecule has 5 nitrogen and oxygen atoms in total. The Balaban J connectivity index is 1.65. The zero-order chi connectivity index (χ0) is 21.0. The third kappa shape index (κ3) is 5.14. The second kappa shape index (κ2) is 9.37. The van der Waals surface area contributed by atoms with E-state index >= 15 is 0 Å². The highest BCUT2D eigenvalue weighted by molar-refractivity contribution is 7.18. The summed E-state index contributed by atoms with van der Waals surface area (Å²) < 4.78 is 6.41. The number of nitrogens with one attached hydrogen (secondary N) is 1. The van der Waals surface area contributed by atoms with Crippen molar-refractivity contribution >= 4 is 27.5 Å². The number of amides is 1. The Hall–Kier alpha value is -2.44. The lowest BCUT2D eigenvalue weighted by Gasteiger charge is -2.26. The first-order valence-corrected chi connectivity index (χ1v) is 10.7. The van der Waals surface area contributed by atoms with Crippen molar-refractivity contribution in [2.75, 3.05) is 20.7 Å². The van der Waals surface area contributed by atoms with E-state index in [1.165, 1.54) is 4.70 Å². The molecule has 0 saturated heterocycles. The number of likely N-dealkylation sites (N-methyl/N-ethyl adjacent to an activating group) is 1. The highest BCUT2D eigenvalue weighted by atomic mass is 32.1. The minimum absolute atomic E-state index is 0.00924. The summed E-state index contributed by atoms with van der Waals surface area (Å²) >= 11 is 1.68. The zero-order valence-corrected chi connectivity index (χ0v) is 18.5. The minimum Gasteiger partial charge on any atom is -0.497 e. The van der Waals surface area contributed by atoms with Crippen molar-refractivity contribution in [3.8, 4) is 5.75 Å². The molecule has 1 heterocycles. The van der Waals surface area contributed by atoms with E-state index in [9.17, 15) is 4.79 Å². The molecule has 3 aromatic rings. The number of carbonyl (C=O) groups is 1. The minimum atomic E-state index is -0.0421. The molecule has 0 spiro atoms. The average molecular weight is 412 g/mol. The molecule has 3 rings (SSSR count). The first-order chi connectivity index (χ1) is 13.9. The van der Waals surface area contributed by atoms with E-state index in [0.29, 0.717) is 6.54 Å². The Labute approximate surface area is 176 Å². The van der Waals surface area contributed by atoms with E-state index in [-0.39, 0.29) is 23.9 Å². The van der Waals surface area contributed by atoms with Crippen LogP contribution in [0.15, 0.2) is 48.5 Å². The van der Waals surface area contributed by atoms with E-state index in [4.69, 9.17) is 9.72 Å². The zero-order valence-electron chi connectivity index (χ0n) is 17.7. The van der Waals surface area contributed by atoms with Crippen LogP contribution in [0.4, 0.5) is 0 Å². The lowest BCUT2D eigenvalue weighted by atomic mass is 9.96. The number of nitrogens with zero attached hydrogens (tertiary/aromatic N) is 2. The Morgan fingerprint density at radius 2 is 1.83 bits per heavy atom. The number of thiazole rings is 1. The molecule has 0 saturated carbocycles. The van der Waals surface area contributed by atoms with Gasteiger partial charge in [-0.05, 0) is 49.7 Å². The molecule has 0 aliphatic carbocycles. The van der Waals surface area contributed by atoms with Gasteiger partial charge < -0.3 is 10.1 Å². The van der Waals surface area contributed by atoms with E-state index in [1.54, 1.807) is 18.4 Å². The highest BCUT2D eigenvalue weighted by Gasteiger charge is 2.22. The highest BCUT2D eigenvalue weighted by Crippen LogP contribution is 2.29. The van der Waals surface area contributed by atoms with Crippen LogP contribution in [0.3, 0.4) is 0 Å². The molecular weight excluding hydrogens is 382 g/mol. The van der Waals surface area contributed by atoms with Gasteiger partial charge in [-0.1, -0.05) is 38.1 Å². The summed E-state index contributed by atoms with van der Waals surface area (Å²) in [6.07, 6.45) is 0. The third-order valence-electron chi connectivity index (χ3n) is 5.18. The summed E-state index contributed by atoms with van der Waals surface area (Å²) in [7, 11) is 3.62. The molecule has 29 heavy (non-hydrogen) atoms. The number of hydrogen-bond acceptors (Lipinski definition) is 5. The summed E-state index contributed by atoms with van der Waals surface area (Å²) in [6, 6.07) is 16.0. The summed E-state index contributed by atoms with van der Waals surface area (Å²) in [5.74, 6) is 1.10. The van der Waals surface area contributed by atoms with Crippen molar-refractivity contribution in [2.24, 2.45) is 5.92 Å². The number of fused-ring (bicyclic) bond motifs is 1. The SMILES string of the molecule is COc1ccc(C(NC(=O)CN(C)C(C)c2nc3ccccc3s2)C(C)C)cc1. The van der Waals surface area contributed by atoms with E-state index in [1.807, 2.05) is 54.4 Å². The van der Waals surface area contributed by atoms with Crippen LogP contribution in [-0.4, -0.2) is 36.5 Å². The number of para-hydroxylation sites is 1. The van der Waals surface area contributed by atoms with Gasteiger partial charge in [-0.2, -0.15) is 0 Å². The van der Waals surface area contributed by atoms with Crippen LogP contribution in [0, 0.1) is 5.92 Å². The van der Waals surface area contributed by atoms with Gasteiger partial charge in [0, 0.05) is 0 Å². The quantitative estimate of drug-likeness (QED) is 0.578. The number of hydrogen-bond donors (Lipinski definition) is 1. The molecule has 2 atom stereocenters. The van der Waals surface area contributed by atoms with Crippen LogP contribution in [0.25, 0.3) is 10.2 Å². The van der Waals surface area contributed by atoms with Crippen molar-refractivity contribution in [1.29, 1.82) is 0 Å². The molecule has 0 radical (unpaired) electrons. The van der Waals surface area contributed by atoms with E-state index in [2.05, 4.69) is 32.2 Å². The number of ether oxygens (including phenoxy) is 1. The maximum Gasteiger partial charge on any atom is 0.234 e. The van der Waals surface area contributed by atoms with Crippen LogP contribution in [0.1, 0.15) is 43.4 Å². The van der Waals surface area contributed by atoms with Crippen LogP contribution in [0.5, 0.6) is 5.75 Å². The van der Waals surface area contributed by atoms with Gasteiger partial charge in [0.25, 0.3) is 0 Å². The van der Waals surface area contributed by atoms with Gasteiger partial charge in [0.1, 0.15) is 10.8 Å². The number of aromatic nitrogens is 1. The van der Waals surface area contributed by atoms with E-state index < -0.39 is 0 Å². The van der Waals surface area contributed by atoms with Crippen LogP contribution in [-0.2, 0) is 4.79 Å². The molecule has 1 aromatic heterocycles. The fourth-order valence-corrected chi connectivity index (χ4v) is 4.37. The fraction of sp³-hybridized carbons (Fsp3) is 0.391. The molecule has 0 fully saturated rings. The maximum absolute atomic E-state index is 12.8. The standard InChI is InChI=1S/C23H29N3O2S/c1-15(2)22(17-10-12-18(28-5)13-11-17)25-21(27)14-26(4)16(3)23-24-19-8-6-7-9-20(19)29-23/h6-13,15-16,22H,14H2,1-5H3,(H,25,27). The second-order valence-corrected chi connectivity index (χ2v) is 8.74. The smallest absolute Gasteiger partial charge is 0.234 e. The van der Waals surface area contributed by atoms with Gasteiger partial charge in [0.15, 0.2) is 0 Å². The van der Waals surface area contributed by atoms with Gasteiger partial charge in [-0.15, -0.1) is 11.3 Å². The van der Waals surface area contributed by atoms with Crippen molar-refractivity contribution < 1.29 is 9.53 Å². The molecule has 0 aliphatic rings. The molecule has 2 unspecified atom stereocenters. The van der Waals surface area contributed by atoms with Gasteiger partial charge in [0.2, 0.25) is 5.91 Å². The Kier molecular flexibility index (Phi) is 6.87. The maximum atomic E-state index is 12.8. The Morgan fingerprint density at radius 1 is 1.14 bits per heavy atom. The van der Waals surface area contributed by atoms with Gasteiger partial charge in [0.05, 0.1) is 36.0 Å². The van der Waals surface area contributed by atoms with E-state index in [0.717, 1.165) is 21.8 Å². The fourth-order valence-electron chi connectivity index (χ4n) is 3.29. The molecule has 0 aliphatic heterocycles. The number of rotatable bonds is 8. The predicted molar refractivity (Wildman–Crippen MR) is 119 cm³/mol. The van der Waals surface area contributed by atoms with Gasteiger partial charge >= 0.3 is 0 Å². The molecule has 1 amide bonds.